The van der Waals surface area contributed by atoms with Gasteiger partial charge in [0.1, 0.15) is 5.75 Å². The summed E-state index contributed by atoms with van der Waals surface area (Å²) in [6.45, 7) is 0. The van der Waals surface area contributed by atoms with Crippen molar-refractivity contribution in [2.45, 2.75) is 31.6 Å². The van der Waals surface area contributed by atoms with Crippen LogP contribution < -0.4 is 23.8 Å². The lowest BCUT2D eigenvalue weighted by molar-refractivity contribution is -0.119. The molecular weight excluding hydrogens is 410 g/mol. The average molecular weight is 437 g/mol. The fraction of sp³-hybridized carbons (Fsp3) is 0.360. The molecule has 1 aliphatic heterocycles. The van der Waals surface area contributed by atoms with Crippen LogP contribution in [0.1, 0.15) is 37.2 Å². The Morgan fingerprint density at radius 2 is 1.50 bits per heavy atom. The number of hydrogen-bond acceptors (Lipinski definition) is 6. The number of methoxy groups -OCH3 is 4. The van der Waals surface area contributed by atoms with Crippen LogP contribution in [0.25, 0.3) is 0 Å². The zero-order valence-electron chi connectivity index (χ0n) is 18.8. The van der Waals surface area contributed by atoms with Gasteiger partial charge >= 0.3 is 0 Å². The van der Waals surface area contributed by atoms with Crippen LogP contribution in [0.3, 0.4) is 0 Å². The quantitative estimate of drug-likeness (QED) is 0.673. The molecule has 7 nitrogen and oxygen atoms in total. The molecule has 0 N–H and O–H groups in total. The SMILES string of the molecule is COc1ccc(N2C(=O)CC(c3cc(OC)c(OC)c(OC)c3)C3=C2CCCC3=O)cc1. The van der Waals surface area contributed by atoms with Crippen molar-refractivity contribution in [2.75, 3.05) is 33.3 Å². The number of rotatable bonds is 6. The standard InChI is InChI=1S/C25H27NO6/c1-29-17-10-8-16(9-11-17)26-19-6-5-7-20(27)24(19)18(14-23(26)28)15-12-21(30-2)25(32-4)22(13-15)31-3/h8-13,18H,5-7,14H2,1-4H3. The van der Waals surface area contributed by atoms with Crippen molar-refractivity contribution in [3.8, 4) is 23.0 Å². The summed E-state index contributed by atoms with van der Waals surface area (Å²) in [6, 6.07) is 11.0. The van der Waals surface area contributed by atoms with Crippen LogP contribution in [-0.2, 0) is 9.59 Å². The monoisotopic (exact) mass is 437 g/mol. The summed E-state index contributed by atoms with van der Waals surface area (Å²) in [4.78, 5) is 28.2. The van der Waals surface area contributed by atoms with E-state index < -0.39 is 0 Å². The Morgan fingerprint density at radius 1 is 0.844 bits per heavy atom. The van der Waals surface area contributed by atoms with Crippen molar-refractivity contribution in [2.24, 2.45) is 0 Å². The highest BCUT2D eigenvalue weighted by molar-refractivity contribution is 6.07. The van der Waals surface area contributed by atoms with E-state index in [0.29, 0.717) is 41.4 Å². The van der Waals surface area contributed by atoms with Gasteiger partial charge in [-0.05, 0) is 54.8 Å². The highest BCUT2D eigenvalue weighted by Gasteiger charge is 2.40. The van der Waals surface area contributed by atoms with Gasteiger partial charge in [-0.3, -0.25) is 14.5 Å². The van der Waals surface area contributed by atoms with Crippen LogP contribution in [-0.4, -0.2) is 40.1 Å². The first kappa shape index (κ1) is 21.7. The van der Waals surface area contributed by atoms with E-state index >= 15 is 0 Å². The molecule has 2 aliphatic rings. The van der Waals surface area contributed by atoms with E-state index in [0.717, 1.165) is 23.4 Å². The molecule has 4 rings (SSSR count). The molecule has 168 valence electrons. The molecule has 7 heteroatoms. The minimum absolute atomic E-state index is 0.0534. The Morgan fingerprint density at radius 3 is 2.06 bits per heavy atom. The minimum atomic E-state index is -0.367. The fourth-order valence-electron chi connectivity index (χ4n) is 4.61. The first-order valence-electron chi connectivity index (χ1n) is 10.6. The number of carbonyl (C=O) groups excluding carboxylic acids is 2. The second kappa shape index (κ2) is 8.94. The Hall–Kier alpha value is -3.48. The molecule has 1 atom stereocenters. The molecule has 32 heavy (non-hydrogen) atoms. The van der Waals surface area contributed by atoms with Crippen molar-refractivity contribution in [3.05, 3.63) is 53.2 Å². The maximum Gasteiger partial charge on any atom is 0.232 e. The lowest BCUT2D eigenvalue weighted by Crippen LogP contribution is -2.40. The van der Waals surface area contributed by atoms with Crippen LogP contribution in [0.5, 0.6) is 23.0 Å². The zero-order valence-corrected chi connectivity index (χ0v) is 18.8. The number of allylic oxidation sites excluding steroid dienone is 2. The second-order valence-corrected chi connectivity index (χ2v) is 7.78. The third-order valence-corrected chi connectivity index (χ3v) is 6.10. The number of Topliss-reactive ketones (excluding diaryl/α,β-unsaturated/α-hetero) is 1. The van der Waals surface area contributed by atoms with Gasteiger partial charge in [-0.25, -0.2) is 0 Å². The van der Waals surface area contributed by atoms with Gasteiger partial charge in [-0.15, -0.1) is 0 Å². The molecule has 1 heterocycles. The number of ether oxygens (including phenoxy) is 4. The average Bonchev–Trinajstić information content (AvgIpc) is 2.82. The third kappa shape index (κ3) is 3.68. The molecule has 2 aromatic rings. The Balaban J connectivity index is 1.85. The predicted octanol–water partition coefficient (Wildman–Crippen LogP) is 4.25. The van der Waals surface area contributed by atoms with Gasteiger partial charge in [-0.1, -0.05) is 0 Å². The Bertz CT molecular complexity index is 1050. The maximum atomic E-state index is 13.4. The summed E-state index contributed by atoms with van der Waals surface area (Å²) in [6.07, 6.45) is 2.04. The van der Waals surface area contributed by atoms with Crippen molar-refractivity contribution < 1.29 is 28.5 Å². The van der Waals surface area contributed by atoms with E-state index in [1.54, 1.807) is 33.3 Å². The highest BCUT2D eigenvalue weighted by Crippen LogP contribution is 2.47. The van der Waals surface area contributed by atoms with Crippen molar-refractivity contribution in [1.29, 1.82) is 0 Å². The van der Waals surface area contributed by atoms with Crippen molar-refractivity contribution in [3.63, 3.8) is 0 Å². The Labute approximate surface area is 187 Å². The molecule has 0 spiro atoms. The van der Waals surface area contributed by atoms with Crippen LogP contribution in [0.15, 0.2) is 47.7 Å². The molecule has 1 amide bonds. The number of benzene rings is 2. The van der Waals surface area contributed by atoms with Gasteiger partial charge in [0.25, 0.3) is 0 Å². The third-order valence-electron chi connectivity index (χ3n) is 6.10. The second-order valence-electron chi connectivity index (χ2n) is 7.78. The highest BCUT2D eigenvalue weighted by atomic mass is 16.5. The Kier molecular flexibility index (Phi) is 6.08. The van der Waals surface area contributed by atoms with Crippen LogP contribution >= 0.6 is 0 Å². The normalized spacial score (nSPS) is 18.4. The summed E-state index contributed by atoms with van der Waals surface area (Å²) >= 11 is 0. The van der Waals surface area contributed by atoms with Gasteiger partial charge in [0, 0.05) is 35.7 Å². The smallest absolute Gasteiger partial charge is 0.232 e. The molecular formula is C25H27NO6. The summed E-state index contributed by atoms with van der Waals surface area (Å²) in [5, 5.41) is 0. The summed E-state index contributed by atoms with van der Waals surface area (Å²) in [5.41, 5.74) is 3.01. The predicted molar refractivity (Wildman–Crippen MR) is 120 cm³/mol. The van der Waals surface area contributed by atoms with Gasteiger partial charge in [0.15, 0.2) is 17.3 Å². The van der Waals surface area contributed by atoms with Gasteiger partial charge < -0.3 is 18.9 Å². The van der Waals surface area contributed by atoms with Gasteiger partial charge in [0.2, 0.25) is 11.7 Å². The zero-order chi connectivity index (χ0) is 22.8. The molecule has 0 bridgehead atoms. The first-order chi connectivity index (χ1) is 15.5. The van der Waals surface area contributed by atoms with Crippen LogP contribution in [0, 0.1) is 0 Å². The number of nitrogens with zero attached hydrogens (tertiary/aromatic N) is 1. The molecule has 1 aliphatic carbocycles. The summed E-state index contributed by atoms with van der Waals surface area (Å²) in [7, 11) is 6.25. The van der Waals surface area contributed by atoms with Gasteiger partial charge in [-0.2, -0.15) is 0 Å². The number of amides is 1. The van der Waals surface area contributed by atoms with E-state index in [1.807, 2.05) is 36.4 Å². The fourth-order valence-corrected chi connectivity index (χ4v) is 4.61. The largest absolute Gasteiger partial charge is 0.497 e. The number of carbonyl (C=O) groups is 2. The molecule has 1 unspecified atom stereocenters. The lowest BCUT2D eigenvalue weighted by Gasteiger charge is -2.38. The van der Waals surface area contributed by atoms with E-state index in [2.05, 4.69) is 0 Å². The van der Waals surface area contributed by atoms with E-state index in [4.69, 9.17) is 18.9 Å². The number of hydrogen-bond donors (Lipinski definition) is 0. The minimum Gasteiger partial charge on any atom is -0.497 e. The number of ketones is 1. The van der Waals surface area contributed by atoms with Gasteiger partial charge in [0.05, 0.1) is 28.4 Å². The van der Waals surface area contributed by atoms with Crippen LogP contribution in [0.4, 0.5) is 5.69 Å². The van der Waals surface area contributed by atoms with E-state index in [1.165, 1.54) is 0 Å². The van der Waals surface area contributed by atoms with Crippen LogP contribution in [0.2, 0.25) is 0 Å². The molecule has 0 saturated heterocycles. The van der Waals surface area contributed by atoms with E-state index in [-0.39, 0.29) is 24.0 Å². The molecule has 2 aromatic carbocycles. The number of anilines is 1. The van der Waals surface area contributed by atoms with E-state index in [9.17, 15) is 9.59 Å². The van der Waals surface area contributed by atoms with Crippen molar-refractivity contribution in [1.82, 2.24) is 0 Å². The molecule has 0 saturated carbocycles. The maximum absolute atomic E-state index is 13.4. The molecule has 0 radical (unpaired) electrons. The summed E-state index contributed by atoms with van der Waals surface area (Å²) < 4.78 is 21.7. The summed E-state index contributed by atoms with van der Waals surface area (Å²) in [5.74, 6) is 1.84. The molecule has 0 fully saturated rings. The molecule has 0 aromatic heterocycles. The lowest BCUT2D eigenvalue weighted by atomic mass is 9.77. The first-order valence-corrected chi connectivity index (χ1v) is 10.6. The topological polar surface area (TPSA) is 74.3 Å². The van der Waals surface area contributed by atoms with Crippen molar-refractivity contribution >= 4 is 17.4 Å².